The second kappa shape index (κ2) is 5.55. The molecule has 0 aliphatic rings. The number of rotatable bonds is 4. The van der Waals surface area contributed by atoms with E-state index in [1.165, 1.54) is 0 Å². The van der Waals surface area contributed by atoms with Crippen molar-refractivity contribution >= 4 is 17.6 Å². The lowest BCUT2D eigenvalue weighted by molar-refractivity contribution is -0.276. The number of pyridine rings is 1. The number of hydrogen-bond acceptors (Lipinski definition) is 3. The molecule has 0 aliphatic heterocycles. The molecule has 0 spiro atoms. The molecule has 1 aromatic heterocycles. The van der Waals surface area contributed by atoms with Crippen LogP contribution in [0.2, 0.25) is 0 Å². The fraction of sp³-hybridized carbons (Fsp3) is 0.333. The lowest BCUT2D eigenvalue weighted by atomic mass is 10.1. The van der Waals surface area contributed by atoms with E-state index >= 15 is 0 Å². The van der Waals surface area contributed by atoms with Gasteiger partial charge in [0.15, 0.2) is 0 Å². The number of carboxylic acids is 1. The first-order chi connectivity index (χ1) is 8.67. The normalized spacial score (nSPS) is 11.7. The molecule has 0 unspecified atom stereocenters. The fourth-order valence-corrected chi connectivity index (χ4v) is 1.54. The summed E-state index contributed by atoms with van der Waals surface area (Å²) >= 11 is 5.29. The maximum absolute atomic E-state index is 12.6. The van der Waals surface area contributed by atoms with Crippen molar-refractivity contribution in [1.29, 1.82) is 0 Å². The molecule has 0 fully saturated rings. The summed E-state index contributed by atoms with van der Waals surface area (Å²) in [6.45, 7) is 0. The zero-order chi connectivity index (χ0) is 14.8. The Balaban J connectivity index is 3.45. The van der Waals surface area contributed by atoms with Gasteiger partial charge in [-0.15, -0.1) is 24.8 Å². The van der Waals surface area contributed by atoms with Gasteiger partial charge in [0.2, 0.25) is 5.88 Å². The predicted octanol–water partition coefficient (Wildman–Crippen LogP) is 3.35. The number of halogens is 6. The van der Waals surface area contributed by atoms with E-state index in [1.807, 2.05) is 0 Å². The van der Waals surface area contributed by atoms with Crippen LogP contribution in [0.25, 0.3) is 0 Å². The Labute approximate surface area is 107 Å². The van der Waals surface area contributed by atoms with E-state index < -0.39 is 47.2 Å². The lowest BCUT2D eigenvalue weighted by Gasteiger charge is -2.14. The minimum absolute atomic E-state index is 0.311. The topological polar surface area (TPSA) is 59.4 Å². The standard InChI is InChI=1S/C9H5ClF5NO3/c10-1-3-5(8(17)18)4(6(11)12)2-16-7(3)19-9(13,14)15/h2,6H,1H2,(H,17,18). The van der Waals surface area contributed by atoms with Crippen molar-refractivity contribution in [3.63, 3.8) is 0 Å². The van der Waals surface area contributed by atoms with Crippen LogP contribution in [0.1, 0.15) is 27.9 Å². The third kappa shape index (κ3) is 3.66. The number of hydrogen-bond donors (Lipinski definition) is 1. The van der Waals surface area contributed by atoms with Gasteiger partial charge in [0.05, 0.1) is 17.0 Å². The second-order valence-corrected chi connectivity index (χ2v) is 3.43. The van der Waals surface area contributed by atoms with Gasteiger partial charge in [-0.05, 0) is 0 Å². The van der Waals surface area contributed by atoms with Crippen LogP contribution in [0.15, 0.2) is 6.20 Å². The van der Waals surface area contributed by atoms with Gasteiger partial charge in [-0.2, -0.15) is 0 Å². The van der Waals surface area contributed by atoms with Crippen molar-refractivity contribution in [1.82, 2.24) is 4.98 Å². The van der Waals surface area contributed by atoms with Crippen LogP contribution in [0.3, 0.4) is 0 Å². The number of alkyl halides is 6. The van der Waals surface area contributed by atoms with Gasteiger partial charge in [-0.1, -0.05) is 0 Å². The zero-order valence-electron chi connectivity index (χ0n) is 8.84. The molecule has 0 aromatic carbocycles. The maximum Gasteiger partial charge on any atom is 0.574 e. The first-order valence-electron chi connectivity index (χ1n) is 4.52. The van der Waals surface area contributed by atoms with E-state index in [0.717, 1.165) is 0 Å². The summed E-state index contributed by atoms with van der Waals surface area (Å²) in [6, 6.07) is 0. The van der Waals surface area contributed by atoms with Crippen LogP contribution >= 0.6 is 11.6 Å². The van der Waals surface area contributed by atoms with Gasteiger partial charge >= 0.3 is 12.3 Å². The third-order valence-electron chi connectivity index (χ3n) is 1.96. The monoisotopic (exact) mass is 305 g/mol. The molecule has 1 aromatic rings. The molecular formula is C9H5ClF5NO3. The van der Waals surface area contributed by atoms with E-state index in [1.54, 1.807) is 0 Å². The number of nitrogens with zero attached hydrogens (tertiary/aromatic N) is 1. The molecule has 0 atom stereocenters. The Morgan fingerprint density at radius 1 is 1.47 bits per heavy atom. The molecule has 4 nitrogen and oxygen atoms in total. The summed E-state index contributed by atoms with van der Waals surface area (Å²) in [5.41, 5.74) is -2.83. The van der Waals surface area contributed by atoms with Crippen LogP contribution in [-0.2, 0) is 5.88 Å². The van der Waals surface area contributed by atoms with Crippen LogP contribution < -0.4 is 4.74 Å². The summed E-state index contributed by atoms with van der Waals surface area (Å²) in [6.07, 6.45) is -8.05. The number of aromatic nitrogens is 1. The molecule has 19 heavy (non-hydrogen) atoms. The number of carbonyl (C=O) groups is 1. The van der Waals surface area contributed by atoms with Crippen LogP contribution in [0.5, 0.6) is 5.88 Å². The van der Waals surface area contributed by atoms with Crippen molar-refractivity contribution in [2.24, 2.45) is 0 Å². The number of aromatic carboxylic acids is 1. The average molecular weight is 306 g/mol. The van der Waals surface area contributed by atoms with Gasteiger partial charge in [0, 0.05) is 11.8 Å². The molecule has 106 valence electrons. The molecule has 0 bridgehead atoms. The quantitative estimate of drug-likeness (QED) is 0.684. The molecular weight excluding hydrogens is 301 g/mol. The molecule has 0 saturated carbocycles. The van der Waals surface area contributed by atoms with Gasteiger partial charge in [0.1, 0.15) is 0 Å². The largest absolute Gasteiger partial charge is 0.574 e. The molecule has 1 N–H and O–H groups in total. The Morgan fingerprint density at radius 3 is 2.42 bits per heavy atom. The van der Waals surface area contributed by atoms with E-state index in [-0.39, 0.29) is 0 Å². The SMILES string of the molecule is O=C(O)c1c(C(F)F)cnc(OC(F)(F)F)c1CCl. The van der Waals surface area contributed by atoms with E-state index in [2.05, 4.69) is 9.72 Å². The summed E-state index contributed by atoms with van der Waals surface area (Å²) in [7, 11) is 0. The van der Waals surface area contributed by atoms with Gasteiger partial charge in [-0.3, -0.25) is 0 Å². The van der Waals surface area contributed by atoms with Crippen LogP contribution in [-0.4, -0.2) is 22.4 Å². The molecule has 10 heteroatoms. The van der Waals surface area contributed by atoms with Crippen molar-refractivity contribution in [2.75, 3.05) is 0 Å². The first-order valence-corrected chi connectivity index (χ1v) is 5.05. The average Bonchev–Trinajstić information content (AvgIpc) is 2.25. The highest BCUT2D eigenvalue weighted by atomic mass is 35.5. The summed E-state index contributed by atoms with van der Waals surface area (Å²) < 4.78 is 64.7. The predicted molar refractivity (Wildman–Crippen MR) is 52.4 cm³/mol. The summed E-state index contributed by atoms with van der Waals surface area (Å²) in [5.74, 6) is -3.79. The minimum Gasteiger partial charge on any atom is -0.478 e. The molecule has 1 heterocycles. The molecule has 0 saturated heterocycles. The lowest BCUT2D eigenvalue weighted by Crippen LogP contribution is -2.20. The van der Waals surface area contributed by atoms with Gasteiger partial charge in [-0.25, -0.2) is 18.6 Å². The number of carboxylic acid groups (broad SMARTS) is 1. The number of ether oxygens (including phenoxy) is 1. The van der Waals surface area contributed by atoms with Crippen molar-refractivity contribution in [3.05, 3.63) is 22.9 Å². The summed E-state index contributed by atoms with van der Waals surface area (Å²) in [4.78, 5) is 13.9. The van der Waals surface area contributed by atoms with Gasteiger partial charge in [0.25, 0.3) is 6.43 Å². The third-order valence-corrected chi connectivity index (χ3v) is 2.23. The van der Waals surface area contributed by atoms with Crippen LogP contribution in [0, 0.1) is 0 Å². The van der Waals surface area contributed by atoms with E-state index in [0.29, 0.717) is 6.20 Å². The Morgan fingerprint density at radius 2 is 2.05 bits per heavy atom. The molecule has 0 amide bonds. The Kier molecular flexibility index (Phi) is 4.51. The van der Waals surface area contributed by atoms with Crippen LogP contribution in [0.4, 0.5) is 22.0 Å². The maximum atomic E-state index is 12.6. The smallest absolute Gasteiger partial charge is 0.478 e. The highest BCUT2D eigenvalue weighted by molar-refractivity contribution is 6.18. The van der Waals surface area contributed by atoms with E-state index in [4.69, 9.17) is 16.7 Å². The molecule has 0 aliphatic carbocycles. The zero-order valence-corrected chi connectivity index (χ0v) is 9.60. The Bertz CT molecular complexity index is 491. The minimum atomic E-state index is -5.14. The molecule has 0 radical (unpaired) electrons. The Hall–Kier alpha value is -1.64. The molecule has 1 rings (SSSR count). The van der Waals surface area contributed by atoms with Crippen molar-refractivity contribution < 1.29 is 36.6 Å². The first kappa shape index (κ1) is 15.4. The highest BCUT2D eigenvalue weighted by Crippen LogP contribution is 2.33. The van der Waals surface area contributed by atoms with Crippen molar-refractivity contribution in [2.45, 2.75) is 18.7 Å². The summed E-state index contributed by atoms with van der Waals surface area (Å²) in [5, 5.41) is 8.79. The van der Waals surface area contributed by atoms with E-state index in [9.17, 15) is 26.7 Å². The van der Waals surface area contributed by atoms with Crippen molar-refractivity contribution in [3.8, 4) is 5.88 Å². The highest BCUT2D eigenvalue weighted by Gasteiger charge is 2.35. The van der Waals surface area contributed by atoms with Gasteiger partial charge < -0.3 is 9.84 Å². The second-order valence-electron chi connectivity index (χ2n) is 3.16. The fourth-order valence-electron chi connectivity index (χ4n) is 1.29.